The highest BCUT2D eigenvalue weighted by Gasteiger charge is 2.30. The molecule has 0 spiro atoms. The molecule has 1 unspecified atom stereocenters. The average molecular weight is 445 g/mol. The van der Waals surface area contributed by atoms with Gasteiger partial charge >= 0.3 is 6.18 Å². The lowest BCUT2D eigenvalue weighted by atomic mass is 10.1. The molecular weight excluding hydrogens is 415 g/mol. The number of carbonyl (C=O) groups excluding carboxylic acids is 1. The molecular formula is C20H30F3N5O3. The van der Waals surface area contributed by atoms with Crippen LogP contribution in [0.5, 0.6) is 5.75 Å². The fraction of sp³-hybridized carbons (Fsp3) is 0.600. The highest BCUT2D eigenvalue weighted by Crippen LogP contribution is 2.30. The molecule has 0 saturated carbocycles. The average Bonchev–Trinajstić information content (AvgIpc) is 2.71. The molecule has 174 valence electrons. The first-order valence-corrected chi connectivity index (χ1v) is 10.2. The number of amides is 1. The van der Waals surface area contributed by atoms with Crippen molar-refractivity contribution < 1.29 is 27.8 Å². The fourth-order valence-corrected chi connectivity index (χ4v) is 3.15. The van der Waals surface area contributed by atoms with Crippen molar-refractivity contribution in [1.29, 1.82) is 0 Å². The van der Waals surface area contributed by atoms with Gasteiger partial charge in [0.25, 0.3) is 0 Å². The first-order chi connectivity index (χ1) is 14.7. The Morgan fingerprint density at radius 3 is 2.52 bits per heavy atom. The summed E-state index contributed by atoms with van der Waals surface area (Å²) in [5, 5.41) is 16.6. The number of guanidine groups is 1. The number of rotatable bonds is 9. The smallest absolute Gasteiger partial charge is 0.416 e. The van der Waals surface area contributed by atoms with E-state index in [4.69, 9.17) is 10.5 Å². The van der Waals surface area contributed by atoms with Gasteiger partial charge in [-0.2, -0.15) is 13.2 Å². The van der Waals surface area contributed by atoms with Crippen molar-refractivity contribution in [3.8, 4) is 5.75 Å². The highest BCUT2D eigenvalue weighted by molar-refractivity contribution is 5.80. The summed E-state index contributed by atoms with van der Waals surface area (Å²) in [5.41, 5.74) is 4.47. The van der Waals surface area contributed by atoms with Crippen LogP contribution in [0.2, 0.25) is 0 Å². The van der Waals surface area contributed by atoms with Crippen molar-refractivity contribution in [1.82, 2.24) is 15.5 Å². The zero-order valence-corrected chi connectivity index (χ0v) is 17.5. The van der Waals surface area contributed by atoms with Crippen LogP contribution in [0.3, 0.4) is 0 Å². The summed E-state index contributed by atoms with van der Waals surface area (Å²) in [5.74, 6) is 0.460. The lowest BCUT2D eigenvalue weighted by Crippen LogP contribution is -2.50. The van der Waals surface area contributed by atoms with Crippen LogP contribution in [0.15, 0.2) is 29.3 Å². The van der Waals surface area contributed by atoms with E-state index in [-0.39, 0.29) is 37.4 Å². The minimum atomic E-state index is -4.40. The summed E-state index contributed by atoms with van der Waals surface area (Å²) in [4.78, 5) is 17.4. The predicted octanol–water partition coefficient (Wildman–Crippen LogP) is 0.950. The number of carbonyl (C=O) groups is 1. The maximum absolute atomic E-state index is 12.6. The number of nitrogens with two attached hydrogens (primary N) is 1. The Labute approximate surface area is 179 Å². The number of ether oxygens (including phenoxy) is 1. The summed E-state index contributed by atoms with van der Waals surface area (Å²) in [7, 11) is 0. The number of alkyl halides is 3. The van der Waals surface area contributed by atoms with Crippen molar-refractivity contribution in [3.05, 3.63) is 29.8 Å². The van der Waals surface area contributed by atoms with Crippen molar-refractivity contribution in [2.45, 2.75) is 38.1 Å². The number of primary amides is 1. The van der Waals surface area contributed by atoms with Crippen molar-refractivity contribution in [2.75, 3.05) is 39.3 Å². The predicted molar refractivity (Wildman–Crippen MR) is 111 cm³/mol. The number of hydrogen-bond acceptors (Lipinski definition) is 5. The molecule has 0 aliphatic carbocycles. The quantitative estimate of drug-likeness (QED) is 0.333. The van der Waals surface area contributed by atoms with E-state index < -0.39 is 17.8 Å². The van der Waals surface area contributed by atoms with E-state index in [1.807, 2.05) is 11.8 Å². The molecule has 0 radical (unpaired) electrons. The van der Waals surface area contributed by atoms with E-state index in [1.165, 1.54) is 12.1 Å². The zero-order chi connectivity index (χ0) is 22.9. The van der Waals surface area contributed by atoms with Crippen LogP contribution in [0.4, 0.5) is 13.2 Å². The largest absolute Gasteiger partial charge is 0.491 e. The maximum atomic E-state index is 12.6. The van der Waals surface area contributed by atoms with E-state index in [2.05, 4.69) is 15.6 Å². The molecule has 1 fully saturated rings. The number of benzene rings is 1. The van der Waals surface area contributed by atoms with Crippen LogP contribution in [-0.2, 0) is 11.0 Å². The molecule has 0 bridgehead atoms. The summed E-state index contributed by atoms with van der Waals surface area (Å²) in [6.45, 7) is 4.30. The first-order valence-electron chi connectivity index (χ1n) is 10.2. The molecule has 1 aromatic rings. The van der Waals surface area contributed by atoms with Crippen molar-refractivity contribution in [2.24, 2.45) is 10.7 Å². The number of aliphatic hydroxyl groups is 1. The SMILES string of the molecule is CCNC(=NCC(O)COc1ccc(C(F)(F)F)cc1)NC1CCN(CC(N)=O)CC1. The number of piperidine rings is 1. The van der Waals surface area contributed by atoms with Crippen LogP contribution in [0.25, 0.3) is 0 Å². The minimum absolute atomic E-state index is 0.0660. The summed E-state index contributed by atoms with van der Waals surface area (Å²) in [6.07, 6.45) is -3.66. The van der Waals surface area contributed by atoms with E-state index in [0.717, 1.165) is 38.1 Å². The van der Waals surface area contributed by atoms with Gasteiger partial charge in [-0.25, -0.2) is 0 Å². The summed E-state index contributed by atoms with van der Waals surface area (Å²) < 4.78 is 43.1. The first kappa shape index (κ1) is 24.7. The highest BCUT2D eigenvalue weighted by atomic mass is 19.4. The van der Waals surface area contributed by atoms with Gasteiger partial charge < -0.3 is 26.2 Å². The second-order valence-corrected chi connectivity index (χ2v) is 7.37. The Balaban J connectivity index is 1.78. The van der Waals surface area contributed by atoms with E-state index in [1.54, 1.807) is 0 Å². The van der Waals surface area contributed by atoms with Gasteiger partial charge in [0.2, 0.25) is 5.91 Å². The van der Waals surface area contributed by atoms with Gasteiger partial charge in [-0.1, -0.05) is 0 Å². The molecule has 5 N–H and O–H groups in total. The molecule has 1 aromatic carbocycles. The Morgan fingerprint density at radius 2 is 1.97 bits per heavy atom. The van der Waals surface area contributed by atoms with Gasteiger partial charge in [0.15, 0.2) is 5.96 Å². The molecule has 8 nitrogen and oxygen atoms in total. The molecule has 2 rings (SSSR count). The van der Waals surface area contributed by atoms with Crippen LogP contribution in [-0.4, -0.2) is 73.3 Å². The molecule has 1 saturated heterocycles. The van der Waals surface area contributed by atoms with Gasteiger partial charge in [0, 0.05) is 25.7 Å². The number of nitrogens with zero attached hydrogens (tertiary/aromatic N) is 2. The molecule has 0 aromatic heterocycles. The molecule has 11 heteroatoms. The fourth-order valence-electron chi connectivity index (χ4n) is 3.15. The normalized spacial score (nSPS) is 17.3. The van der Waals surface area contributed by atoms with E-state index >= 15 is 0 Å². The number of aliphatic hydroxyl groups excluding tert-OH is 1. The van der Waals surface area contributed by atoms with Crippen LogP contribution < -0.4 is 21.1 Å². The third kappa shape index (κ3) is 9.01. The second-order valence-electron chi connectivity index (χ2n) is 7.37. The summed E-state index contributed by atoms with van der Waals surface area (Å²) in [6, 6.07) is 4.48. The Kier molecular flexibility index (Phi) is 9.38. The van der Waals surface area contributed by atoms with E-state index in [9.17, 15) is 23.1 Å². The van der Waals surface area contributed by atoms with Crippen LogP contribution in [0, 0.1) is 0 Å². The number of nitrogens with one attached hydrogen (secondary N) is 2. The van der Waals surface area contributed by atoms with E-state index in [0.29, 0.717) is 12.5 Å². The zero-order valence-electron chi connectivity index (χ0n) is 17.5. The maximum Gasteiger partial charge on any atom is 0.416 e. The molecule has 1 heterocycles. The number of likely N-dealkylation sites (tertiary alicyclic amines) is 1. The third-order valence-corrected chi connectivity index (χ3v) is 4.74. The van der Waals surface area contributed by atoms with Gasteiger partial charge in [-0.15, -0.1) is 0 Å². The molecule has 1 aliphatic heterocycles. The number of halogens is 3. The lowest BCUT2D eigenvalue weighted by molar-refractivity contribution is -0.137. The van der Waals surface area contributed by atoms with Crippen molar-refractivity contribution in [3.63, 3.8) is 0 Å². The lowest BCUT2D eigenvalue weighted by Gasteiger charge is -2.32. The summed E-state index contributed by atoms with van der Waals surface area (Å²) >= 11 is 0. The van der Waals surface area contributed by atoms with Crippen molar-refractivity contribution >= 4 is 11.9 Å². The standard InChI is InChI=1S/C20H30F3N5O3/c1-2-25-19(27-15-7-9-28(10-8-15)12-18(24)30)26-11-16(29)13-31-17-5-3-14(4-6-17)20(21,22)23/h3-6,15-16,29H,2,7-13H2,1H3,(H2,24,30)(H2,25,26,27). The number of aliphatic imine (C=N–C) groups is 1. The van der Waals surface area contributed by atoms with Crippen LogP contribution >= 0.6 is 0 Å². The minimum Gasteiger partial charge on any atom is -0.491 e. The topological polar surface area (TPSA) is 112 Å². The molecule has 31 heavy (non-hydrogen) atoms. The molecule has 1 atom stereocenters. The monoisotopic (exact) mass is 445 g/mol. The third-order valence-electron chi connectivity index (χ3n) is 4.74. The van der Waals surface area contributed by atoms with Gasteiger partial charge in [0.05, 0.1) is 18.7 Å². The van der Waals surface area contributed by atoms with Gasteiger partial charge in [0.1, 0.15) is 18.5 Å². The molecule has 1 aliphatic rings. The van der Waals surface area contributed by atoms with Gasteiger partial charge in [-0.05, 0) is 44.0 Å². The second kappa shape index (κ2) is 11.8. The van der Waals surface area contributed by atoms with Crippen LogP contribution in [0.1, 0.15) is 25.3 Å². The van der Waals surface area contributed by atoms with Gasteiger partial charge in [-0.3, -0.25) is 14.7 Å². The Morgan fingerprint density at radius 1 is 1.32 bits per heavy atom. The molecule has 1 amide bonds. The Bertz CT molecular complexity index is 720. The Hall–Kier alpha value is -2.53. The number of hydrogen-bond donors (Lipinski definition) is 4.